The second-order valence-electron chi connectivity index (χ2n) is 6.04. The summed E-state index contributed by atoms with van der Waals surface area (Å²) in [6.45, 7) is 2.74. The molecule has 1 aromatic heterocycles. The van der Waals surface area contributed by atoms with Crippen molar-refractivity contribution < 1.29 is 17.9 Å². The zero-order valence-electron chi connectivity index (χ0n) is 14.3. The third-order valence-corrected chi connectivity index (χ3v) is 5.90. The summed E-state index contributed by atoms with van der Waals surface area (Å²) in [5.41, 5.74) is 1.90. The van der Waals surface area contributed by atoms with Crippen LogP contribution in [0.4, 0.5) is 0 Å². The van der Waals surface area contributed by atoms with Crippen LogP contribution in [0.2, 0.25) is 0 Å². The number of hydrogen-bond donors (Lipinski definition) is 0. The number of rotatable bonds is 6. The lowest BCUT2D eigenvalue weighted by Crippen LogP contribution is -2.32. The first-order valence-corrected chi connectivity index (χ1v) is 9.65. The molecule has 1 aromatic carbocycles. The highest BCUT2D eigenvalue weighted by molar-refractivity contribution is 7.88. The number of aromatic nitrogens is 2. The van der Waals surface area contributed by atoms with E-state index in [0.29, 0.717) is 31.3 Å². The zero-order chi connectivity index (χ0) is 17.9. The Kier molecular flexibility index (Phi) is 5.19. The molecule has 0 saturated carbocycles. The summed E-state index contributed by atoms with van der Waals surface area (Å²) in [7, 11) is -1.85. The van der Waals surface area contributed by atoms with Gasteiger partial charge in [-0.1, -0.05) is 29.8 Å². The van der Waals surface area contributed by atoms with Crippen LogP contribution in [0.1, 0.15) is 17.5 Å². The van der Waals surface area contributed by atoms with Crippen molar-refractivity contribution in [3.05, 3.63) is 47.5 Å². The van der Waals surface area contributed by atoms with E-state index in [-0.39, 0.29) is 11.9 Å². The predicted octanol–water partition coefficient (Wildman–Crippen LogP) is 1.78. The summed E-state index contributed by atoms with van der Waals surface area (Å²) in [6, 6.07) is 10.9. The van der Waals surface area contributed by atoms with E-state index >= 15 is 0 Å². The minimum absolute atomic E-state index is 0.00232. The highest BCUT2D eigenvalue weighted by Gasteiger charge is 2.32. The minimum atomic E-state index is -3.36. The fourth-order valence-corrected chi connectivity index (χ4v) is 4.26. The van der Waals surface area contributed by atoms with Crippen molar-refractivity contribution in [1.29, 1.82) is 0 Å². The maximum Gasteiger partial charge on any atom is 0.233 e. The monoisotopic (exact) mass is 363 g/mol. The first kappa shape index (κ1) is 17.6. The molecule has 2 heterocycles. The number of aryl methyl sites for hydroxylation is 1. The Balaban J connectivity index is 1.59. The van der Waals surface area contributed by atoms with Crippen LogP contribution in [-0.4, -0.2) is 49.2 Å². The Morgan fingerprint density at radius 3 is 2.44 bits per heavy atom. The van der Waals surface area contributed by atoms with Gasteiger partial charge in [-0.3, -0.25) is 0 Å². The molecule has 0 spiro atoms. The van der Waals surface area contributed by atoms with Gasteiger partial charge >= 0.3 is 0 Å². The summed E-state index contributed by atoms with van der Waals surface area (Å²) in [5, 5.41) is 7.75. The SMILES string of the molecule is COc1ccc(OC2CCN(S(=O)(=O)Cc3ccc(C)cc3)C2)nn1. The van der Waals surface area contributed by atoms with E-state index in [2.05, 4.69) is 10.2 Å². The molecule has 1 fully saturated rings. The molecule has 2 aromatic rings. The first-order chi connectivity index (χ1) is 12.0. The van der Waals surface area contributed by atoms with Gasteiger partial charge in [0.15, 0.2) is 0 Å². The van der Waals surface area contributed by atoms with Crippen molar-refractivity contribution in [3.63, 3.8) is 0 Å². The standard InChI is InChI=1S/C17H21N3O4S/c1-13-3-5-14(6-4-13)12-25(21,22)20-10-9-15(11-20)24-17-8-7-16(23-2)18-19-17/h3-8,15H,9-12H2,1-2H3. The average molecular weight is 363 g/mol. The van der Waals surface area contributed by atoms with E-state index in [1.165, 1.54) is 11.4 Å². The van der Waals surface area contributed by atoms with Crippen molar-refractivity contribution in [1.82, 2.24) is 14.5 Å². The van der Waals surface area contributed by atoms with Gasteiger partial charge < -0.3 is 9.47 Å². The molecule has 0 aliphatic carbocycles. The molecule has 1 aliphatic heterocycles. The largest absolute Gasteiger partial charge is 0.480 e. The molecular formula is C17H21N3O4S. The first-order valence-electron chi connectivity index (χ1n) is 8.04. The Morgan fingerprint density at radius 2 is 1.80 bits per heavy atom. The lowest BCUT2D eigenvalue weighted by Gasteiger charge is -2.17. The molecule has 1 atom stereocenters. The average Bonchev–Trinajstić information content (AvgIpc) is 3.07. The zero-order valence-corrected chi connectivity index (χ0v) is 15.1. The van der Waals surface area contributed by atoms with E-state index in [4.69, 9.17) is 9.47 Å². The molecule has 0 N–H and O–H groups in total. The summed E-state index contributed by atoms with van der Waals surface area (Å²) in [4.78, 5) is 0. The normalized spacial score (nSPS) is 18.2. The lowest BCUT2D eigenvalue weighted by molar-refractivity contribution is 0.203. The van der Waals surface area contributed by atoms with E-state index in [1.54, 1.807) is 12.1 Å². The molecular weight excluding hydrogens is 342 g/mol. The van der Waals surface area contributed by atoms with Gasteiger partial charge in [-0.25, -0.2) is 8.42 Å². The molecule has 1 unspecified atom stereocenters. The number of benzene rings is 1. The number of nitrogens with zero attached hydrogens (tertiary/aromatic N) is 3. The summed E-state index contributed by atoms with van der Waals surface area (Å²) in [6.07, 6.45) is 0.399. The molecule has 1 aliphatic rings. The Labute approximate surface area is 147 Å². The van der Waals surface area contributed by atoms with Crippen molar-refractivity contribution in [2.45, 2.75) is 25.2 Å². The number of hydrogen-bond acceptors (Lipinski definition) is 6. The molecule has 0 amide bonds. The van der Waals surface area contributed by atoms with Crippen LogP contribution in [-0.2, 0) is 15.8 Å². The van der Waals surface area contributed by atoms with E-state index in [0.717, 1.165) is 11.1 Å². The quantitative estimate of drug-likeness (QED) is 0.778. The van der Waals surface area contributed by atoms with Crippen LogP contribution >= 0.6 is 0 Å². The van der Waals surface area contributed by atoms with Gasteiger partial charge in [0.1, 0.15) is 6.10 Å². The van der Waals surface area contributed by atoms with E-state index in [1.807, 2.05) is 31.2 Å². The second kappa shape index (κ2) is 7.37. The third-order valence-electron chi connectivity index (χ3n) is 4.08. The number of methoxy groups -OCH3 is 1. The smallest absolute Gasteiger partial charge is 0.233 e. The van der Waals surface area contributed by atoms with Crippen molar-refractivity contribution in [3.8, 4) is 11.8 Å². The fraction of sp³-hybridized carbons (Fsp3) is 0.412. The summed E-state index contributed by atoms with van der Waals surface area (Å²) < 4.78 is 37.3. The van der Waals surface area contributed by atoms with Gasteiger partial charge in [-0.05, 0) is 18.9 Å². The Morgan fingerprint density at radius 1 is 1.12 bits per heavy atom. The molecule has 25 heavy (non-hydrogen) atoms. The fourth-order valence-electron chi connectivity index (χ4n) is 2.68. The minimum Gasteiger partial charge on any atom is -0.480 e. The number of sulfonamides is 1. The maximum atomic E-state index is 12.6. The van der Waals surface area contributed by atoms with Crippen LogP contribution in [0.5, 0.6) is 11.8 Å². The van der Waals surface area contributed by atoms with E-state index < -0.39 is 10.0 Å². The Hall–Kier alpha value is -2.19. The van der Waals surface area contributed by atoms with Crippen LogP contribution in [0, 0.1) is 6.92 Å². The van der Waals surface area contributed by atoms with Gasteiger partial charge in [0, 0.05) is 18.7 Å². The molecule has 8 heteroatoms. The van der Waals surface area contributed by atoms with Crippen molar-refractivity contribution in [2.75, 3.05) is 20.2 Å². The van der Waals surface area contributed by atoms with Gasteiger partial charge in [-0.15, -0.1) is 10.2 Å². The van der Waals surface area contributed by atoms with Crippen LogP contribution in [0.15, 0.2) is 36.4 Å². The highest BCUT2D eigenvalue weighted by atomic mass is 32.2. The predicted molar refractivity (Wildman–Crippen MR) is 93.0 cm³/mol. The third kappa shape index (κ3) is 4.46. The van der Waals surface area contributed by atoms with E-state index in [9.17, 15) is 8.42 Å². The van der Waals surface area contributed by atoms with Gasteiger partial charge in [-0.2, -0.15) is 4.31 Å². The van der Waals surface area contributed by atoms with Gasteiger partial charge in [0.25, 0.3) is 0 Å². The van der Waals surface area contributed by atoms with Crippen LogP contribution in [0.25, 0.3) is 0 Å². The topological polar surface area (TPSA) is 81.6 Å². The lowest BCUT2D eigenvalue weighted by atomic mass is 10.2. The number of ether oxygens (including phenoxy) is 2. The molecule has 0 radical (unpaired) electrons. The molecule has 134 valence electrons. The van der Waals surface area contributed by atoms with Crippen LogP contribution in [0.3, 0.4) is 0 Å². The van der Waals surface area contributed by atoms with Gasteiger partial charge in [0.05, 0.1) is 19.4 Å². The maximum absolute atomic E-state index is 12.6. The molecule has 0 bridgehead atoms. The molecule has 7 nitrogen and oxygen atoms in total. The molecule has 1 saturated heterocycles. The van der Waals surface area contributed by atoms with Crippen LogP contribution < -0.4 is 9.47 Å². The van der Waals surface area contributed by atoms with Crippen molar-refractivity contribution >= 4 is 10.0 Å². The highest BCUT2D eigenvalue weighted by Crippen LogP contribution is 2.21. The summed E-state index contributed by atoms with van der Waals surface area (Å²) in [5.74, 6) is 0.771. The second-order valence-corrected chi connectivity index (χ2v) is 8.01. The van der Waals surface area contributed by atoms with Crippen molar-refractivity contribution in [2.24, 2.45) is 0 Å². The van der Waals surface area contributed by atoms with Gasteiger partial charge in [0.2, 0.25) is 21.8 Å². The summed E-state index contributed by atoms with van der Waals surface area (Å²) >= 11 is 0. The Bertz CT molecular complexity index is 807. The molecule has 3 rings (SSSR count).